The normalized spacial score (nSPS) is 11.7. The van der Waals surface area contributed by atoms with Gasteiger partial charge in [-0.1, -0.05) is 61.0 Å². The summed E-state index contributed by atoms with van der Waals surface area (Å²) in [5.74, 6) is 1.02. The van der Waals surface area contributed by atoms with E-state index in [-0.39, 0.29) is 11.8 Å². The predicted molar refractivity (Wildman–Crippen MR) is 122 cm³/mol. The summed E-state index contributed by atoms with van der Waals surface area (Å²) in [6.07, 6.45) is 0.872. The van der Waals surface area contributed by atoms with E-state index >= 15 is 0 Å². The first kappa shape index (κ1) is 23.0. The van der Waals surface area contributed by atoms with Gasteiger partial charge in [0.25, 0.3) is 0 Å². The summed E-state index contributed by atoms with van der Waals surface area (Å²) in [5, 5.41) is 2.92. The zero-order valence-corrected chi connectivity index (χ0v) is 18.7. The van der Waals surface area contributed by atoms with Gasteiger partial charge in [0.15, 0.2) is 0 Å². The maximum Gasteiger partial charge on any atom is 0.242 e. The molecule has 0 aromatic heterocycles. The van der Waals surface area contributed by atoms with Gasteiger partial charge in [-0.25, -0.2) is 0 Å². The zero-order valence-electron chi connectivity index (χ0n) is 17.9. The lowest BCUT2D eigenvalue weighted by atomic mass is 10.1. The molecule has 29 heavy (non-hydrogen) atoms. The van der Waals surface area contributed by atoms with Gasteiger partial charge in [-0.2, -0.15) is 0 Å². The number of nitrogens with zero attached hydrogens (tertiary/aromatic N) is 1. The minimum atomic E-state index is -0.506. The summed E-state index contributed by atoms with van der Waals surface area (Å²) in [6.45, 7) is 9.00. The van der Waals surface area contributed by atoms with E-state index in [1.165, 1.54) is 11.1 Å². The molecule has 2 aromatic carbocycles. The first-order valence-corrected chi connectivity index (χ1v) is 11.3. The van der Waals surface area contributed by atoms with E-state index < -0.39 is 6.04 Å². The second kappa shape index (κ2) is 11.7. The van der Waals surface area contributed by atoms with Crippen LogP contribution in [0.4, 0.5) is 0 Å². The summed E-state index contributed by atoms with van der Waals surface area (Å²) < 4.78 is 0. The van der Waals surface area contributed by atoms with Gasteiger partial charge in [0.05, 0.1) is 5.75 Å². The highest BCUT2D eigenvalue weighted by Gasteiger charge is 2.26. The Balaban J connectivity index is 2.07. The Morgan fingerprint density at radius 3 is 2.55 bits per heavy atom. The van der Waals surface area contributed by atoms with E-state index in [9.17, 15) is 9.59 Å². The Morgan fingerprint density at radius 2 is 1.86 bits per heavy atom. The summed E-state index contributed by atoms with van der Waals surface area (Å²) in [5.41, 5.74) is 4.62. The number of hydrogen-bond donors (Lipinski definition) is 1. The highest BCUT2D eigenvalue weighted by atomic mass is 32.2. The lowest BCUT2D eigenvalue weighted by Crippen LogP contribution is -2.48. The van der Waals surface area contributed by atoms with Crippen LogP contribution in [0.5, 0.6) is 0 Å². The minimum Gasteiger partial charge on any atom is -0.354 e. The second-order valence-corrected chi connectivity index (χ2v) is 8.38. The van der Waals surface area contributed by atoms with Crippen molar-refractivity contribution in [2.24, 2.45) is 0 Å². The highest BCUT2D eigenvalue weighted by molar-refractivity contribution is 7.99. The molecular formula is C24H32N2O2S. The van der Waals surface area contributed by atoms with Gasteiger partial charge in [-0.15, -0.1) is 11.8 Å². The van der Waals surface area contributed by atoms with Crippen LogP contribution in [0.2, 0.25) is 0 Å². The molecule has 0 aliphatic carbocycles. The van der Waals surface area contributed by atoms with Crippen LogP contribution in [0.1, 0.15) is 42.5 Å². The number of nitrogens with one attached hydrogen (secondary N) is 1. The molecule has 1 N–H and O–H groups in total. The zero-order chi connectivity index (χ0) is 21.2. The molecule has 0 saturated heterocycles. The number of carbonyl (C=O) groups excluding carboxylic acids is 2. The molecule has 1 atom stereocenters. The molecular weight excluding hydrogens is 380 g/mol. The van der Waals surface area contributed by atoms with Crippen LogP contribution in [0.3, 0.4) is 0 Å². The van der Waals surface area contributed by atoms with E-state index in [4.69, 9.17) is 0 Å². The first-order valence-electron chi connectivity index (χ1n) is 10.2. The fourth-order valence-electron chi connectivity index (χ4n) is 3.09. The molecule has 0 saturated carbocycles. The van der Waals surface area contributed by atoms with E-state index in [0.29, 0.717) is 18.8 Å². The van der Waals surface area contributed by atoms with Crippen molar-refractivity contribution in [2.75, 3.05) is 12.3 Å². The average Bonchev–Trinajstić information content (AvgIpc) is 2.71. The molecule has 5 heteroatoms. The van der Waals surface area contributed by atoms with Gasteiger partial charge in [0, 0.05) is 18.8 Å². The molecule has 2 aromatic rings. The Morgan fingerprint density at radius 1 is 1.10 bits per heavy atom. The SMILES string of the molecule is CCCNC(=O)[C@@H](C)N(Cc1ccccc1C)C(=O)CSCc1cccc(C)c1. The van der Waals surface area contributed by atoms with E-state index in [1.807, 2.05) is 51.1 Å². The van der Waals surface area contributed by atoms with Gasteiger partial charge in [-0.05, 0) is 43.9 Å². The summed E-state index contributed by atoms with van der Waals surface area (Å²) >= 11 is 1.59. The lowest BCUT2D eigenvalue weighted by Gasteiger charge is -2.29. The van der Waals surface area contributed by atoms with Crippen molar-refractivity contribution in [2.45, 2.75) is 52.5 Å². The van der Waals surface area contributed by atoms with Crippen molar-refractivity contribution >= 4 is 23.6 Å². The topological polar surface area (TPSA) is 49.4 Å². The maximum atomic E-state index is 13.1. The quantitative estimate of drug-likeness (QED) is 0.626. The fourth-order valence-corrected chi connectivity index (χ4v) is 3.95. The Bertz CT molecular complexity index is 822. The highest BCUT2D eigenvalue weighted by Crippen LogP contribution is 2.18. The summed E-state index contributed by atoms with van der Waals surface area (Å²) in [7, 11) is 0. The molecule has 0 fully saturated rings. The predicted octanol–water partition coefficient (Wildman–Crippen LogP) is 4.48. The number of hydrogen-bond acceptors (Lipinski definition) is 3. The van der Waals surface area contributed by atoms with Crippen LogP contribution >= 0.6 is 11.8 Å². The van der Waals surface area contributed by atoms with Gasteiger partial charge < -0.3 is 10.2 Å². The molecule has 0 unspecified atom stereocenters. The average molecular weight is 413 g/mol. The molecule has 156 valence electrons. The number of carbonyl (C=O) groups is 2. The molecule has 0 radical (unpaired) electrons. The number of aryl methyl sites for hydroxylation is 2. The monoisotopic (exact) mass is 412 g/mol. The van der Waals surface area contributed by atoms with Crippen molar-refractivity contribution in [3.05, 3.63) is 70.8 Å². The largest absolute Gasteiger partial charge is 0.354 e. The van der Waals surface area contributed by atoms with Crippen LogP contribution in [0.25, 0.3) is 0 Å². The second-order valence-electron chi connectivity index (χ2n) is 7.40. The summed E-state index contributed by atoms with van der Waals surface area (Å²) in [6, 6.07) is 15.8. The van der Waals surface area contributed by atoms with Crippen LogP contribution in [0, 0.1) is 13.8 Å². The van der Waals surface area contributed by atoms with E-state index in [2.05, 4.69) is 30.4 Å². The number of benzene rings is 2. The third kappa shape index (κ3) is 7.24. The van der Waals surface area contributed by atoms with Crippen LogP contribution in [0.15, 0.2) is 48.5 Å². The van der Waals surface area contributed by atoms with Crippen LogP contribution < -0.4 is 5.32 Å². The first-order chi connectivity index (χ1) is 13.9. The van der Waals surface area contributed by atoms with E-state index in [0.717, 1.165) is 23.3 Å². The smallest absolute Gasteiger partial charge is 0.242 e. The van der Waals surface area contributed by atoms with E-state index in [1.54, 1.807) is 16.7 Å². The Labute approximate surface area is 179 Å². The van der Waals surface area contributed by atoms with Crippen LogP contribution in [-0.2, 0) is 21.9 Å². The lowest BCUT2D eigenvalue weighted by molar-refractivity contribution is -0.138. The maximum absolute atomic E-state index is 13.1. The van der Waals surface area contributed by atoms with Gasteiger partial charge >= 0.3 is 0 Å². The molecule has 0 heterocycles. The van der Waals surface area contributed by atoms with Gasteiger partial charge in [-0.3, -0.25) is 9.59 Å². The minimum absolute atomic E-state index is 0.00921. The van der Waals surface area contributed by atoms with Crippen molar-refractivity contribution in [1.29, 1.82) is 0 Å². The number of amides is 2. The van der Waals surface area contributed by atoms with Crippen molar-refractivity contribution < 1.29 is 9.59 Å². The van der Waals surface area contributed by atoms with Crippen molar-refractivity contribution in [1.82, 2.24) is 10.2 Å². The molecule has 2 rings (SSSR count). The van der Waals surface area contributed by atoms with Gasteiger partial charge in [0.2, 0.25) is 11.8 Å². The molecule has 0 aliphatic heterocycles. The molecule has 0 spiro atoms. The van der Waals surface area contributed by atoms with Crippen molar-refractivity contribution in [3.8, 4) is 0 Å². The molecule has 4 nitrogen and oxygen atoms in total. The standard InChI is InChI=1S/C24H32N2O2S/c1-5-13-25-24(28)20(4)26(15-22-12-7-6-10-19(22)3)23(27)17-29-16-21-11-8-9-18(2)14-21/h6-12,14,20H,5,13,15-17H2,1-4H3,(H,25,28)/t20-/m1/s1. The Hall–Kier alpha value is -2.27. The van der Waals surface area contributed by atoms with Crippen molar-refractivity contribution in [3.63, 3.8) is 0 Å². The molecule has 0 aliphatic rings. The molecule has 2 amide bonds. The fraction of sp³-hybridized carbons (Fsp3) is 0.417. The third-order valence-corrected chi connectivity index (χ3v) is 5.88. The molecule has 0 bridgehead atoms. The van der Waals surface area contributed by atoms with Crippen LogP contribution in [-0.4, -0.2) is 35.1 Å². The summed E-state index contributed by atoms with van der Waals surface area (Å²) in [4.78, 5) is 27.3. The number of rotatable bonds is 10. The Kier molecular flexibility index (Phi) is 9.26. The van der Waals surface area contributed by atoms with Gasteiger partial charge in [0.1, 0.15) is 6.04 Å². The number of thioether (sulfide) groups is 1. The third-order valence-electron chi connectivity index (χ3n) is 4.90.